The second kappa shape index (κ2) is 18.2. The molecule has 2 nitrogen and oxygen atoms in total. The second-order valence-corrected chi connectivity index (χ2v) is 9.31. The molecule has 0 fully saturated rings. The molecule has 0 amide bonds. The van der Waals surface area contributed by atoms with Gasteiger partial charge in [0.15, 0.2) is 0 Å². The first-order chi connectivity index (χ1) is 11.2. The van der Waals surface area contributed by atoms with E-state index in [2.05, 4.69) is 13.2 Å². The van der Waals surface area contributed by atoms with E-state index in [1.165, 1.54) is 88.6 Å². The Bertz CT molecular complexity index is 256. The highest BCUT2D eigenvalue weighted by Gasteiger charge is 2.09. The smallest absolute Gasteiger partial charge is 0.303 e. The molecule has 0 aromatic rings. The fraction of sp³-hybridized carbons (Fsp3) is 0.950. The highest BCUT2D eigenvalue weighted by molar-refractivity contribution is 7.96. The number of hydrogen-bond donors (Lipinski definition) is 1. The van der Waals surface area contributed by atoms with Crippen LogP contribution in [0.5, 0.6) is 0 Å². The first-order valence-corrected chi connectivity index (χ1v) is 11.9. The van der Waals surface area contributed by atoms with Gasteiger partial charge in [-0.15, -0.1) is 0 Å². The molecule has 1 atom stereocenters. The fourth-order valence-electron chi connectivity index (χ4n) is 2.92. The number of rotatable bonds is 18. The molecular formula is C20H41O2S+. The monoisotopic (exact) mass is 345 g/mol. The number of aliphatic carboxylic acids is 1. The van der Waals surface area contributed by atoms with Crippen LogP contribution in [-0.2, 0) is 15.7 Å². The third-order valence-electron chi connectivity index (χ3n) is 4.48. The summed E-state index contributed by atoms with van der Waals surface area (Å²) in [7, 11) is 0.651. The summed E-state index contributed by atoms with van der Waals surface area (Å²) >= 11 is 0. The Labute approximate surface area is 148 Å². The van der Waals surface area contributed by atoms with E-state index in [1.54, 1.807) is 0 Å². The molecule has 3 heteroatoms. The molecule has 0 aromatic heterocycles. The topological polar surface area (TPSA) is 37.3 Å². The van der Waals surface area contributed by atoms with E-state index in [4.69, 9.17) is 5.11 Å². The van der Waals surface area contributed by atoms with Gasteiger partial charge >= 0.3 is 5.97 Å². The van der Waals surface area contributed by atoms with Crippen LogP contribution in [0.1, 0.15) is 103 Å². The Morgan fingerprint density at radius 2 is 1.09 bits per heavy atom. The van der Waals surface area contributed by atoms with Gasteiger partial charge in [0.1, 0.15) is 11.5 Å². The molecule has 23 heavy (non-hydrogen) atoms. The predicted octanol–water partition coefficient (Wildman–Crippen LogP) is 6.19. The molecule has 0 radical (unpaired) electrons. The van der Waals surface area contributed by atoms with Crippen molar-refractivity contribution in [1.29, 1.82) is 0 Å². The summed E-state index contributed by atoms with van der Waals surface area (Å²) in [6.45, 7) is 2.28. The van der Waals surface area contributed by atoms with Gasteiger partial charge in [-0.1, -0.05) is 64.7 Å². The molecule has 0 aromatic carbocycles. The number of unbranched alkanes of at least 4 members (excludes halogenated alkanes) is 12. The van der Waals surface area contributed by atoms with Crippen LogP contribution < -0.4 is 0 Å². The summed E-state index contributed by atoms with van der Waals surface area (Å²) in [6, 6.07) is 0. The van der Waals surface area contributed by atoms with Gasteiger partial charge < -0.3 is 5.11 Å². The summed E-state index contributed by atoms with van der Waals surface area (Å²) in [5.41, 5.74) is 0. The second-order valence-electron chi connectivity index (χ2n) is 6.93. The van der Waals surface area contributed by atoms with Crippen LogP contribution in [0.4, 0.5) is 0 Å². The molecule has 0 aliphatic rings. The fourth-order valence-corrected chi connectivity index (χ4v) is 4.51. The van der Waals surface area contributed by atoms with Crippen LogP contribution in [0.2, 0.25) is 0 Å². The van der Waals surface area contributed by atoms with Gasteiger partial charge in [-0.3, -0.25) is 4.79 Å². The maximum absolute atomic E-state index is 10.4. The Morgan fingerprint density at radius 3 is 1.52 bits per heavy atom. The normalized spacial score (nSPS) is 12.4. The molecule has 0 saturated heterocycles. The number of carbonyl (C=O) groups is 1. The standard InChI is InChI=1S/C20H40O2S/c1-3-4-5-6-12-15-18-23(2)19-16-13-10-8-7-9-11-14-17-20(21)22/h3-19H2,1-2H3/p+1. The number of carboxylic acids is 1. The average Bonchev–Trinajstić information content (AvgIpc) is 2.52. The molecular weight excluding hydrogens is 304 g/mol. The first-order valence-electron chi connectivity index (χ1n) is 9.97. The van der Waals surface area contributed by atoms with Crippen LogP contribution in [0.3, 0.4) is 0 Å². The highest BCUT2D eigenvalue weighted by atomic mass is 32.2. The van der Waals surface area contributed by atoms with Gasteiger partial charge in [0, 0.05) is 6.42 Å². The quantitative estimate of drug-likeness (QED) is 0.237. The van der Waals surface area contributed by atoms with Gasteiger partial charge in [-0.25, -0.2) is 0 Å². The summed E-state index contributed by atoms with van der Waals surface area (Å²) < 4.78 is 0. The molecule has 0 aliphatic heterocycles. The molecule has 1 N–H and O–H groups in total. The lowest BCUT2D eigenvalue weighted by atomic mass is 10.1. The zero-order valence-corrected chi connectivity index (χ0v) is 16.6. The van der Waals surface area contributed by atoms with Crippen LogP contribution in [0, 0.1) is 0 Å². The van der Waals surface area contributed by atoms with E-state index >= 15 is 0 Å². The summed E-state index contributed by atoms with van der Waals surface area (Å²) in [5.74, 6) is 2.24. The molecule has 0 heterocycles. The van der Waals surface area contributed by atoms with Crippen molar-refractivity contribution in [2.45, 2.75) is 103 Å². The summed E-state index contributed by atoms with van der Waals surface area (Å²) in [4.78, 5) is 10.4. The van der Waals surface area contributed by atoms with E-state index < -0.39 is 5.97 Å². The Balaban J connectivity index is 3.14. The minimum atomic E-state index is -0.652. The van der Waals surface area contributed by atoms with Crippen molar-refractivity contribution in [3.63, 3.8) is 0 Å². The molecule has 0 spiro atoms. The van der Waals surface area contributed by atoms with Gasteiger partial charge in [-0.2, -0.15) is 0 Å². The number of carboxylic acid groups (broad SMARTS) is 1. The first kappa shape index (κ1) is 22.8. The van der Waals surface area contributed by atoms with E-state index in [0.29, 0.717) is 17.3 Å². The third kappa shape index (κ3) is 19.8. The Kier molecular flexibility index (Phi) is 18.0. The SMILES string of the molecule is CCCCCCCC[S+](C)CCCCCCCCCCC(=O)O. The molecule has 138 valence electrons. The summed E-state index contributed by atoms with van der Waals surface area (Å²) in [6.07, 6.45) is 21.3. The third-order valence-corrected chi connectivity index (χ3v) is 6.45. The van der Waals surface area contributed by atoms with Crippen molar-refractivity contribution in [2.75, 3.05) is 17.8 Å². The Hall–Kier alpha value is -0.180. The highest BCUT2D eigenvalue weighted by Crippen LogP contribution is 2.12. The van der Waals surface area contributed by atoms with Crippen molar-refractivity contribution < 1.29 is 9.90 Å². The van der Waals surface area contributed by atoms with E-state index in [-0.39, 0.29) is 0 Å². The Morgan fingerprint density at radius 1 is 0.696 bits per heavy atom. The van der Waals surface area contributed by atoms with Crippen molar-refractivity contribution >= 4 is 16.9 Å². The molecule has 0 saturated carbocycles. The average molecular weight is 346 g/mol. The van der Waals surface area contributed by atoms with Crippen molar-refractivity contribution in [1.82, 2.24) is 0 Å². The van der Waals surface area contributed by atoms with Crippen LogP contribution in [0.15, 0.2) is 0 Å². The lowest BCUT2D eigenvalue weighted by Crippen LogP contribution is -2.10. The molecule has 0 bridgehead atoms. The molecule has 1 unspecified atom stereocenters. The van der Waals surface area contributed by atoms with Crippen molar-refractivity contribution in [3.05, 3.63) is 0 Å². The van der Waals surface area contributed by atoms with Crippen molar-refractivity contribution in [3.8, 4) is 0 Å². The van der Waals surface area contributed by atoms with E-state index in [9.17, 15) is 4.79 Å². The minimum absolute atomic E-state index is 0.345. The van der Waals surface area contributed by atoms with Gasteiger partial charge in [-0.05, 0) is 43.0 Å². The number of hydrogen-bond acceptors (Lipinski definition) is 1. The van der Waals surface area contributed by atoms with E-state index in [1.807, 2.05) is 0 Å². The van der Waals surface area contributed by atoms with E-state index in [0.717, 1.165) is 12.8 Å². The van der Waals surface area contributed by atoms with Gasteiger partial charge in [0.05, 0.1) is 6.26 Å². The van der Waals surface area contributed by atoms with Crippen LogP contribution in [0.25, 0.3) is 0 Å². The zero-order chi connectivity index (χ0) is 17.2. The minimum Gasteiger partial charge on any atom is -0.481 e. The lowest BCUT2D eigenvalue weighted by Gasteiger charge is -2.05. The largest absolute Gasteiger partial charge is 0.481 e. The lowest BCUT2D eigenvalue weighted by molar-refractivity contribution is -0.137. The molecule has 0 rings (SSSR count). The van der Waals surface area contributed by atoms with Crippen molar-refractivity contribution in [2.24, 2.45) is 0 Å². The van der Waals surface area contributed by atoms with Gasteiger partial charge in [0.2, 0.25) is 0 Å². The molecule has 0 aliphatic carbocycles. The maximum atomic E-state index is 10.4. The van der Waals surface area contributed by atoms with Crippen LogP contribution in [-0.4, -0.2) is 28.8 Å². The van der Waals surface area contributed by atoms with Crippen LogP contribution >= 0.6 is 0 Å². The predicted molar refractivity (Wildman–Crippen MR) is 106 cm³/mol. The maximum Gasteiger partial charge on any atom is 0.303 e. The zero-order valence-electron chi connectivity index (χ0n) is 15.8. The summed E-state index contributed by atoms with van der Waals surface area (Å²) in [5, 5.41) is 8.56. The van der Waals surface area contributed by atoms with Gasteiger partial charge in [0.25, 0.3) is 0 Å².